The first-order valence-electron chi connectivity index (χ1n) is 8.41. The molecule has 29 heavy (non-hydrogen) atoms. The summed E-state index contributed by atoms with van der Waals surface area (Å²) in [7, 11) is -5.11. The van der Waals surface area contributed by atoms with Crippen molar-refractivity contribution in [2.24, 2.45) is 4.99 Å². The van der Waals surface area contributed by atoms with Crippen LogP contribution >= 0.6 is 35.3 Å². The van der Waals surface area contributed by atoms with Gasteiger partial charge in [0.25, 0.3) is 0 Å². The zero-order valence-corrected chi connectivity index (χ0v) is 21.1. The molecule has 8 nitrogen and oxygen atoms in total. The average Bonchev–Trinajstić information content (AvgIpc) is 3.15. The van der Waals surface area contributed by atoms with Gasteiger partial charge in [0.2, 0.25) is 10.0 Å². The third-order valence-electron chi connectivity index (χ3n) is 3.79. The van der Waals surface area contributed by atoms with Crippen LogP contribution in [0.5, 0.6) is 0 Å². The van der Waals surface area contributed by atoms with E-state index in [1.807, 2.05) is 6.07 Å². The number of halogens is 1. The summed E-state index contributed by atoms with van der Waals surface area (Å²) >= 11 is 1.16. The Morgan fingerprint density at radius 2 is 1.83 bits per heavy atom. The second kappa shape index (κ2) is 11.2. The molecule has 0 aliphatic heterocycles. The highest BCUT2D eigenvalue weighted by Crippen LogP contribution is 2.16. The topological polar surface area (TPSA) is 117 Å². The first-order valence-corrected chi connectivity index (χ1v) is 12.7. The highest BCUT2D eigenvalue weighted by molar-refractivity contribution is 14.0. The maximum atomic E-state index is 12.0. The Kier molecular flexibility index (Phi) is 10.0. The zero-order chi connectivity index (χ0) is 20.8. The number of hydrogen-bond donors (Lipinski definition) is 3. The number of benzene rings is 1. The summed E-state index contributed by atoms with van der Waals surface area (Å²) in [5, 5.41) is 7.85. The van der Waals surface area contributed by atoms with Crippen LogP contribution in [0.2, 0.25) is 0 Å². The van der Waals surface area contributed by atoms with Crippen molar-refractivity contribution in [1.29, 1.82) is 0 Å². The molecule has 0 saturated carbocycles. The first kappa shape index (κ1) is 25.8. The fraction of sp³-hybridized carbons (Fsp3) is 0.353. The summed E-state index contributed by atoms with van der Waals surface area (Å²) in [6.07, 6.45) is 1.19. The highest BCUT2D eigenvalue weighted by atomic mass is 127. The van der Waals surface area contributed by atoms with Crippen molar-refractivity contribution in [2.75, 3.05) is 26.4 Å². The number of nitrogens with zero attached hydrogens (tertiary/aromatic N) is 1. The number of sulfone groups is 1. The van der Waals surface area contributed by atoms with Gasteiger partial charge in [0.15, 0.2) is 15.8 Å². The predicted molar refractivity (Wildman–Crippen MR) is 127 cm³/mol. The van der Waals surface area contributed by atoms with E-state index in [0.717, 1.165) is 16.9 Å². The molecular formula is C17H25IN4O4S3. The number of aryl methyl sites for hydroxylation is 1. The summed E-state index contributed by atoms with van der Waals surface area (Å²) < 4.78 is 50.2. The van der Waals surface area contributed by atoms with Crippen molar-refractivity contribution in [3.63, 3.8) is 0 Å². The Hall–Kier alpha value is -1.22. The van der Waals surface area contributed by atoms with E-state index in [4.69, 9.17) is 0 Å². The molecule has 0 spiro atoms. The molecule has 0 radical (unpaired) electrons. The predicted octanol–water partition coefficient (Wildman–Crippen LogP) is 1.72. The molecule has 2 aromatic rings. The van der Waals surface area contributed by atoms with Crippen molar-refractivity contribution in [2.45, 2.75) is 22.6 Å². The Balaban J connectivity index is 0.00000420. The fourth-order valence-electron chi connectivity index (χ4n) is 2.50. The molecule has 0 aliphatic carbocycles. The molecule has 1 aromatic carbocycles. The number of guanidine groups is 1. The van der Waals surface area contributed by atoms with Gasteiger partial charge in [0.1, 0.15) is 4.21 Å². The van der Waals surface area contributed by atoms with Crippen LogP contribution in [0.25, 0.3) is 0 Å². The van der Waals surface area contributed by atoms with Crippen molar-refractivity contribution >= 4 is 61.1 Å². The maximum absolute atomic E-state index is 12.0. The number of rotatable bonds is 8. The molecule has 0 atom stereocenters. The van der Waals surface area contributed by atoms with Gasteiger partial charge in [-0.3, -0.25) is 4.99 Å². The van der Waals surface area contributed by atoms with Gasteiger partial charge in [0.05, 0.1) is 4.90 Å². The minimum absolute atomic E-state index is 0. The summed E-state index contributed by atoms with van der Waals surface area (Å²) in [4.78, 5) is 4.41. The van der Waals surface area contributed by atoms with Crippen molar-refractivity contribution in [3.8, 4) is 0 Å². The van der Waals surface area contributed by atoms with Crippen LogP contribution in [0, 0.1) is 6.92 Å². The van der Waals surface area contributed by atoms with Crippen LogP contribution in [-0.4, -0.2) is 49.2 Å². The fourth-order valence-corrected chi connectivity index (χ4v) is 5.53. The Morgan fingerprint density at radius 3 is 2.38 bits per heavy atom. The van der Waals surface area contributed by atoms with E-state index in [1.165, 1.54) is 6.26 Å². The van der Waals surface area contributed by atoms with E-state index in [1.54, 1.807) is 43.6 Å². The van der Waals surface area contributed by atoms with E-state index in [-0.39, 0.29) is 34.7 Å². The van der Waals surface area contributed by atoms with Gasteiger partial charge in [-0.05, 0) is 35.6 Å². The standard InChI is InChI=1S/C17H24N4O4S3.HI/c1-13-11-14(6-7-15(13)27(3,22)23)12-20-17(18-2)19-8-9-21-28(24,25)16-5-4-10-26-16;/h4-7,10-11,21H,8-9,12H2,1-3H3,(H2,18,19,20);1H. The van der Waals surface area contributed by atoms with E-state index >= 15 is 0 Å². The molecule has 0 amide bonds. The lowest BCUT2D eigenvalue weighted by Gasteiger charge is -2.13. The molecule has 1 aromatic heterocycles. The van der Waals surface area contributed by atoms with Gasteiger partial charge in [-0.2, -0.15) is 0 Å². The molecule has 162 valence electrons. The zero-order valence-electron chi connectivity index (χ0n) is 16.3. The maximum Gasteiger partial charge on any atom is 0.250 e. The number of thiophene rings is 1. The minimum Gasteiger partial charge on any atom is -0.355 e. The van der Waals surface area contributed by atoms with Gasteiger partial charge in [-0.25, -0.2) is 21.6 Å². The number of nitrogens with one attached hydrogen (secondary N) is 3. The Labute approximate surface area is 193 Å². The largest absolute Gasteiger partial charge is 0.355 e. The minimum atomic E-state index is -3.48. The van der Waals surface area contributed by atoms with Gasteiger partial charge < -0.3 is 10.6 Å². The lowest BCUT2D eigenvalue weighted by molar-refractivity contribution is 0.582. The van der Waals surface area contributed by atoms with E-state index in [2.05, 4.69) is 20.3 Å². The van der Waals surface area contributed by atoms with E-state index in [0.29, 0.717) is 29.5 Å². The number of sulfonamides is 1. The van der Waals surface area contributed by atoms with Crippen molar-refractivity contribution in [3.05, 3.63) is 46.8 Å². The number of aliphatic imine (C=N–C) groups is 1. The second-order valence-corrected chi connectivity index (χ2v) is 11.0. The van der Waals surface area contributed by atoms with Crippen LogP contribution in [0.3, 0.4) is 0 Å². The second-order valence-electron chi connectivity index (χ2n) is 6.05. The van der Waals surface area contributed by atoms with Crippen LogP contribution in [0.15, 0.2) is 49.8 Å². The SMILES string of the molecule is CN=C(NCCNS(=O)(=O)c1cccs1)NCc1ccc(S(C)(=O)=O)c(C)c1.I. The van der Waals surface area contributed by atoms with Crippen molar-refractivity contribution in [1.82, 2.24) is 15.4 Å². The Morgan fingerprint density at radius 1 is 1.10 bits per heavy atom. The normalized spacial score (nSPS) is 12.3. The van der Waals surface area contributed by atoms with Crippen LogP contribution in [0.4, 0.5) is 0 Å². The van der Waals surface area contributed by atoms with Crippen LogP contribution in [0.1, 0.15) is 11.1 Å². The molecule has 12 heteroatoms. The van der Waals surface area contributed by atoms with Crippen molar-refractivity contribution < 1.29 is 16.8 Å². The Bertz CT molecular complexity index is 1040. The summed E-state index contributed by atoms with van der Waals surface area (Å²) in [6, 6.07) is 8.40. The van der Waals surface area contributed by atoms with E-state index < -0.39 is 19.9 Å². The van der Waals surface area contributed by atoms with Gasteiger partial charge in [0, 0.05) is 32.9 Å². The van der Waals surface area contributed by atoms with E-state index in [9.17, 15) is 16.8 Å². The molecule has 0 bridgehead atoms. The van der Waals surface area contributed by atoms with Gasteiger partial charge >= 0.3 is 0 Å². The quantitative estimate of drug-likeness (QED) is 0.192. The molecule has 1 heterocycles. The van der Waals surface area contributed by atoms with Gasteiger partial charge in [-0.1, -0.05) is 18.2 Å². The lowest BCUT2D eigenvalue weighted by Crippen LogP contribution is -2.41. The molecule has 0 unspecified atom stereocenters. The monoisotopic (exact) mass is 572 g/mol. The van der Waals surface area contributed by atoms with Gasteiger partial charge in [-0.15, -0.1) is 35.3 Å². The molecular weight excluding hydrogens is 547 g/mol. The molecule has 0 aliphatic rings. The summed E-state index contributed by atoms with van der Waals surface area (Å²) in [5.74, 6) is 0.514. The number of hydrogen-bond acceptors (Lipinski definition) is 6. The molecule has 2 rings (SSSR count). The van der Waals surface area contributed by atoms with Crippen LogP contribution in [-0.2, 0) is 26.4 Å². The smallest absolute Gasteiger partial charge is 0.250 e. The molecule has 0 fully saturated rings. The van der Waals surface area contributed by atoms with Crippen LogP contribution < -0.4 is 15.4 Å². The first-order chi connectivity index (χ1) is 13.1. The molecule has 0 saturated heterocycles. The summed E-state index contributed by atoms with van der Waals surface area (Å²) in [5.41, 5.74) is 1.60. The average molecular weight is 573 g/mol. The lowest BCUT2D eigenvalue weighted by atomic mass is 10.1. The summed E-state index contributed by atoms with van der Waals surface area (Å²) in [6.45, 7) is 2.78. The highest BCUT2D eigenvalue weighted by Gasteiger charge is 2.14. The third kappa shape index (κ3) is 7.85. The third-order valence-corrected chi connectivity index (χ3v) is 7.91. The molecule has 3 N–H and O–H groups in total.